The number of hydrogen-bond acceptors (Lipinski definition) is 4. The number of piperazine rings is 1. The molecule has 0 aromatic heterocycles. The van der Waals surface area contributed by atoms with Crippen molar-refractivity contribution in [2.75, 3.05) is 13.7 Å². The minimum atomic E-state index is -0.584. The standard InChI is InChI=1S/C27H40N2O4/c1-19(2)33-23-16-15-20(17-24(23)32-3)26-27(31)28(21-11-7-4-5-8-12-21)18-25(30)29(26)22-13-9-6-10-14-22/h15-17,19,21-22,26H,4-14,18H2,1-3H3/t26-/m1/s1. The van der Waals surface area contributed by atoms with Gasteiger partial charge in [0.15, 0.2) is 11.5 Å². The van der Waals surface area contributed by atoms with Crippen molar-refractivity contribution in [3.63, 3.8) is 0 Å². The van der Waals surface area contributed by atoms with Crippen LogP contribution in [0.25, 0.3) is 0 Å². The van der Waals surface area contributed by atoms with Crippen molar-refractivity contribution in [2.45, 2.75) is 109 Å². The van der Waals surface area contributed by atoms with Crippen molar-refractivity contribution in [2.24, 2.45) is 0 Å². The minimum absolute atomic E-state index is 0.0205. The fourth-order valence-corrected chi connectivity index (χ4v) is 5.89. The molecule has 2 saturated carbocycles. The molecule has 1 saturated heterocycles. The van der Waals surface area contributed by atoms with Gasteiger partial charge in [-0.2, -0.15) is 0 Å². The van der Waals surface area contributed by atoms with E-state index in [1.54, 1.807) is 7.11 Å². The Kier molecular flexibility index (Phi) is 7.82. The normalized spacial score (nSPS) is 23.7. The molecule has 33 heavy (non-hydrogen) atoms. The van der Waals surface area contributed by atoms with Gasteiger partial charge in [0.1, 0.15) is 12.6 Å². The smallest absolute Gasteiger partial charge is 0.250 e. The lowest BCUT2D eigenvalue weighted by Crippen LogP contribution is -2.60. The van der Waals surface area contributed by atoms with Crippen molar-refractivity contribution in [1.82, 2.24) is 9.80 Å². The van der Waals surface area contributed by atoms with Crippen molar-refractivity contribution in [1.29, 1.82) is 0 Å². The summed E-state index contributed by atoms with van der Waals surface area (Å²) in [5.41, 5.74) is 0.824. The van der Waals surface area contributed by atoms with Gasteiger partial charge < -0.3 is 19.3 Å². The second-order valence-electron chi connectivity index (χ2n) is 10.2. The van der Waals surface area contributed by atoms with Gasteiger partial charge in [-0.05, 0) is 57.2 Å². The molecule has 1 atom stereocenters. The van der Waals surface area contributed by atoms with E-state index in [1.165, 1.54) is 19.3 Å². The molecule has 2 amide bonds. The SMILES string of the molecule is COc1cc([C@@H]2C(=O)N(C3CCCCCC3)CC(=O)N2C2CCCCC2)ccc1OC(C)C. The van der Waals surface area contributed by atoms with Crippen LogP contribution < -0.4 is 9.47 Å². The molecule has 3 aliphatic rings. The number of ether oxygens (including phenoxy) is 2. The number of carbonyl (C=O) groups excluding carboxylic acids is 2. The van der Waals surface area contributed by atoms with Crippen LogP contribution in [0.3, 0.4) is 0 Å². The predicted octanol–water partition coefficient (Wildman–Crippen LogP) is 5.25. The predicted molar refractivity (Wildman–Crippen MR) is 128 cm³/mol. The summed E-state index contributed by atoms with van der Waals surface area (Å²) in [6, 6.07) is 5.46. The molecule has 6 nitrogen and oxygen atoms in total. The molecule has 0 N–H and O–H groups in total. The van der Waals surface area contributed by atoms with E-state index in [-0.39, 0.29) is 36.5 Å². The zero-order valence-corrected chi connectivity index (χ0v) is 20.6. The maximum absolute atomic E-state index is 14.1. The van der Waals surface area contributed by atoms with E-state index in [4.69, 9.17) is 9.47 Å². The summed E-state index contributed by atoms with van der Waals surface area (Å²) in [5.74, 6) is 1.44. The number of benzene rings is 1. The monoisotopic (exact) mass is 456 g/mol. The van der Waals surface area contributed by atoms with Crippen molar-refractivity contribution in [3.05, 3.63) is 23.8 Å². The van der Waals surface area contributed by atoms with Gasteiger partial charge in [0, 0.05) is 12.1 Å². The Morgan fingerprint density at radius 3 is 2.06 bits per heavy atom. The summed E-state index contributed by atoms with van der Waals surface area (Å²) in [4.78, 5) is 31.5. The maximum atomic E-state index is 14.1. The van der Waals surface area contributed by atoms with E-state index in [1.807, 2.05) is 41.8 Å². The van der Waals surface area contributed by atoms with Crippen LogP contribution in [-0.4, -0.2) is 53.5 Å². The lowest BCUT2D eigenvalue weighted by atomic mass is 9.89. The molecule has 2 aliphatic carbocycles. The molecule has 3 fully saturated rings. The third-order valence-electron chi connectivity index (χ3n) is 7.49. The summed E-state index contributed by atoms with van der Waals surface area (Å²) >= 11 is 0. The first-order valence-corrected chi connectivity index (χ1v) is 13.0. The van der Waals surface area contributed by atoms with Crippen molar-refractivity contribution in [3.8, 4) is 11.5 Å². The van der Waals surface area contributed by atoms with Crippen LogP contribution in [0, 0.1) is 0 Å². The molecular formula is C27H40N2O4. The van der Waals surface area contributed by atoms with Crippen LogP contribution in [0.15, 0.2) is 18.2 Å². The largest absolute Gasteiger partial charge is 0.493 e. The summed E-state index contributed by atoms with van der Waals surface area (Å²) in [6.45, 7) is 4.18. The lowest BCUT2D eigenvalue weighted by molar-refractivity contribution is -0.162. The Labute approximate surface area is 198 Å². The molecule has 0 unspecified atom stereocenters. The second-order valence-corrected chi connectivity index (χ2v) is 10.2. The summed E-state index contributed by atoms with van der Waals surface area (Å²) < 4.78 is 11.5. The zero-order chi connectivity index (χ0) is 23.4. The molecule has 0 bridgehead atoms. The first-order valence-electron chi connectivity index (χ1n) is 13.0. The van der Waals surface area contributed by atoms with E-state index in [0.717, 1.165) is 56.9 Å². The van der Waals surface area contributed by atoms with Crippen LogP contribution in [-0.2, 0) is 9.59 Å². The van der Waals surface area contributed by atoms with Crippen LogP contribution in [0.4, 0.5) is 0 Å². The van der Waals surface area contributed by atoms with Crippen molar-refractivity contribution >= 4 is 11.8 Å². The third kappa shape index (κ3) is 5.30. The van der Waals surface area contributed by atoms with Gasteiger partial charge in [-0.15, -0.1) is 0 Å². The van der Waals surface area contributed by atoms with Crippen LogP contribution in [0.1, 0.15) is 96.1 Å². The van der Waals surface area contributed by atoms with Crippen LogP contribution in [0.5, 0.6) is 11.5 Å². The topological polar surface area (TPSA) is 59.1 Å². The first kappa shape index (κ1) is 23.9. The van der Waals surface area contributed by atoms with Gasteiger partial charge in [0.25, 0.3) is 5.91 Å². The molecule has 1 aliphatic heterocycles. The summed E-state index contributed by atoms with van der Waals surface area (Å²) in [7, 11) is 1.62. The number of hydrogen-bond donors (Lipinski definition) is 0. The number of rotatable bonds is 6. The van der Waals surface area contributed by atoms with E-state index >= 15 is 0 Å². The average molecular weight is 457 g/mol. The molecule has 1 heterocycles. The summed E-state index contributed by atoms with van der Waals surface area (Å²) in [5, 5.41) is 0. The Morgan fingerprint density at radius 2 is 1.45 bits per heavy atom. The van der Waals surface area contributed by atoms with E-state index < -0.39 is 6.04 Å². The molecule has 0 spiro atoms. The van der Waals surface area contributed by atoms with Gasteiger partial charge >= 0.3 is 0 Å². The molecule has 4 rings (SSSR count). The molecule has 0 radical (unpaired) electrons. The Balaban J connectivity index is 1.70. The highest BCUT2D eigenvalue weighted by Crippen LogP contribution is 2.39. The number of amides is 2. The highest BCUT2D eigenvalue weighted by molar-refractivity contribution is 5.96. The Morgan fingerprint density at radius 1 is 0.848 bits per heavy atom. The van der Waals surface area contributed by atoms with Gasteiger partial charge in [0.2, 0.25) is 5.91 Å². The Hall–Kier alpha value is -2.24. The van der Waals surface area contributed by atoms with Gasteiger partial charge in [-0.1, -0.05) is 51.0 Å². The number of carbonyl (C=O) groups is 2. The fourth-order valence-electron chi connectivity index (χ4n) is 5.89. The fraction of sp³-hybridized carbons (Fsp3) is 0.704. The van der Waals surface area contributed by atoms with E-state index in [2.05, 4.69) is 0 Å². The van der Waals surface area contributed by atoms with Gasteiger partial charge in [-0.3, -0.25) is 9.59 Å². The minimum Gasteiger partial charge on any atom is -0.493 e. The quantitative estimate of drug-likeness (QED) is 0.549. The molecule has 182 valence electrons. The second kappa shape index (κ2) is 10.8. The lowest BCUT2D eigenvalue weighted by Gasteiger charge is -2.47. The highest BCUT2D eigenvalue weighted by atomic mass is 16.5. The van der Waals surface area contributed by atoms with E-state index in [9.17, 15) is 9.59 Å². The van der Waals surface area contributed by atoms with Crippen molar-refractivity contribution < 1.29 is 19.1 Å². The van der Waals surface area contributed by atoms with Crippen LogP contribution in [0.2, 0.25) is 0 Å². The average Bonchev–Trinajstić information content (AvgIpc) is 3.10. The molecular weight excluding hydrogens is 416 g/mol. The van der Waals surface area contributed by atoms with Crippen LogP contribution >= 0.6 is 0 Å². The number of nitrogens with zero attached hydrogens (tertiary/aromatic N) is 2. The number of methoxy groups -OCH3 is 1. The van der Waals surface area contributed by atoms with Gasteiger partial charge in [-0.25, -0.2) is 0 Å². The molecule has 1 aromatic carbocycles. The molecule has 1 aromatic rings. The highest BCUT2D eigenvalue weighted by Gasteiger charge is 2.45. The molecule has 6 heteroatoms. The van der Waals surface area contributed by atoms with Gasteiger partial charge in [0.05, 0.1) is 13.2 Å². The maximum Gasteiger partial charge on any atom is 0.250 e. The first-order chi connectivity index (χ1) is 16.0. The Bertz CT molecular complexity index is 825. The van der Waals surface area contributed by atoms with E-state index in [0.29, 0.717) is 11.5 Å². The summed E-state index contributed by atoms with van der Waals surface area (Å²) in [6.07, 6.45) is 12.1. The zero-order valence-electron chi connectivity index (χ0n) is 20.6. The third-order valence-corrected chi connectivity index (χ3v) is 7.49.